The fourth-order valence-electron chi connectivity index (χ4n) is 5.80. The Hall–Kier alpha value is -2.30. The molecule has 3 atom stereocenters. The number of ether oxygens (including phenoxy) is 1. The molecule has 3 fully saturated rings. The standard InChI is InChI=1S/C25H28F3N5OS/c26-25(27,28)21-1-5-29-11-20(21)22-19-4-8-35-23(19)24(32-31-22)30-18-9-16-13-33(14-17(16)10-18)12-15-2-6-34-7-3-15/h1,4-5,8,11,15-18H,2-3,6-7,9-10,12-14H2,(H,30,32)/t16-,17+,18?/i12D2. The van der Waals surface area contributed by atoms with Crippen LogP contribution in [0.1, 0.15) is 34.0 Å². The Morgan fingerprint density at radius 1 is 1.14 bits per heavy atom. The van der Waals surface area contributed by atoms with Gasteiger partial charge in [-0.15, -0.1) is 21.5 Å². The van der Waals surface area contributed by atoms with E-state index in [0.29, 0.717) is 36.3 Å². The summed E-state index contributed by atoms with van der Waals surface area (Å²) < 4.78 is 64.6. The molecule has 10 heteroatoms. The van der Waals surface area contributed by atoms with Crippen molar-refractivity contribution in [1.82, 2.24) is 20.1 Å². The zero-order valence-electron chi connectivity index (χ0n) is 21.1. The molecule has 0 radical (unpaired) electrons. The summed E-state index contributed by atoms with van der Waals surface area (Å²) in [6.07, 6.45) is 1.14. The van der Waals surface area contributed by atoms with Crippen molar-refractivity contribution in [3.63, 3.8) is 0 Å². The molecule has 0 spiro atoms. The lowest BCUT2D eigenvalue weighted by atomic mass is 10.00. The quantitative estimate of drug-likeness (QED) is 0.506. The van der Waals surface area contributed by atoms with Crippen molar-refractivity contribution in [3.05, 3.63) is 35.5 Å². The predicted molar refractivity (Wildman–Crippen MR) is 129 cm³/mol. The third kappa shape index (κ3) is 4.63. The molecule has 1 unspecified atom stereocenters. The van der Waals surface area contributed by atoms with Gasteiger partial charge < -0.3 is 15.0 Å². The zero-order chi connectivity index (χ0) is 25.8. The first-order chi connectivity index (χ1) is 17.7. The van der Waals surface area contributed by atoms with Crippen molar-refractivity contribution in [1.29, 1.82) is 0 Å². The van der Waals surface area contributed by atoms with E-state index in [9.17, 15) is 13.2 Å². The molecule has 1 N–H and O–H groups in total. The van der Waals surface area contributed by atoms with Gasteiger partial charge in [0.25, 0.3) is 0 Å². The third-order valence-corrected chi connectivity index (χ3v) is 8.37. The van der Waals surface area contributed by atoms with Crippen LogP contribution in [0.4, 0.5) is 19.0 Å². The van der Waals surface area contributed by atoms with E-state index in [4.69, 9.17) is 7.48 Å². The Morgan fingerprint density at radius 2 is 1.91 bits per heavy atom. The second kappa shape index (κ2) is 9.29. The van der Waals surface area contributed by atoms with Gasteiger partial charge in [0.15, 0.2) is 5.82 Å². The minimum absolute atomic E-state index is 0.00701. The number of fused-ring (bicyclic) bond motifs is 2. The number of pyridine rings is 1. The van der Waals surface area contributed by atoms with Crippen molar-refractivity contribution < 1.29 is 20.6 Å². The van der Waals surface area contributed by atoms with Gasteiger partial charge in [-0.1, -0.05) is 0 Å². The van der Waals surface area contributed by atoms with Crippen LogP contribution < -0.4 is 5.32 Å². The van der Waals surface area contributed by atoms with Crippen molar-refractivity contribution >= 4 is 27.2 Å². The molecule has 6 rings (SSSR count). The second-order valence-corrected chi connectivity index (χ2v) is 10.6. The molecule has 6 nitrogen and oxygen atoms in total. The summed E-state index contributed by atoms with van der Waals surface area (Å²) in [7, 11) is 0. The predicted octanol–water partition coefficient (Wildman–Crippen LogP) is 5.32. The first kappa shape index (κ1) is 20.8. The lowest BCUT2D eigenvalue weighted by Crippen LogP contribution is -2.32. The van der Waals surface area contributed by atoms with E-state index in [2.05, 4.69) is 20.5 Å². The van der Waals surface area contributed by atoms with Crippen LogP contribution in [-0.4, -0.2) is 58.9 Å². The Morgan fingerprint density at radius 3 is 2.66 bits per heavy atom. The molecular formula is C25H28F3N5OS. The van der Waals surface area contributed by atoms with Crippen LogP contribution in [0.2, 0.25) is 0 Å². The minimum Gasteiger partial charge on any atom is -0.381 e. The molecule has 3 aromatic rings. The molecule has 2 saturated heterocycles. The van der Waals surface area contributed by atoms with Gasteiger partial charge in [0, 0.05) is 64.9 Å². The molecule has 0 aromatic carbocycles. The summed E-state index contributed by atoms with van der Waals surface area (Å²) in [6.45, 7) is 1.43. The van der Waals surface area contributed by atoms with E-state index >= 15 is 0 Å². The molecule has 3 aliphatic rings. The van der Waals surface area contributed by atoms with E-state index in [-0.39, 0.29) is 23.2 Å². The van der Waals surface area contributed by atoms with Gasteiger partial charge in [0.1, 0.15) is 5.69 Å². The van der Waals surface area contributed by atoms with Crippen LogP contribution in [0.3, 0.4) is 0 Å². The van der Waals surface area contributed by atoms with Crippen LogP contribution in [0.25, 0.3) is 21.3 Å². The van der Waals surface area contributed by atoms with Crippen molar-refractivity contribution in [2.45, 2.75) is 37.9 Å². The molecule has 5 heterocycles. The lowest BCUT2D eigenvalue weighted by molar-refractivity contribution is -0.137. The number of hydrogen-bond donors (Lipinski definition) is 1. The van der Waals surface area contributed by atoms with Crippen molar-refractivity contribution in [2.24, 2.45) is 17.8 Å². The summed E-state index contributed by atoms with van der Waals surface area (Å²) in [4.78, 5) is 5.94. The number of likely N-dealkylation sites (tertiary alicyclic amines) is 1. The van der Waals surface area contributed by atoms with Crippen LogP contribution in [0.15, 0.2) is 29.9 Å². The lowest BCUT2D eigenvalue weighted by Gasteiger charge is -2.27. The highest BCUT2D eigenvalue weighted by Crippen LogP contribution is 2.43. The molecule has 2 aliphatic heterocycles. The van der Waals surface area contributed by atoms with Gasteiger partial charge in [0.2, 0.25) is 0 Å². The SMILES string of the molecule is [2H]C([2H])(C1CCOCC1)N1C[C@H]2CC(Nc3nnc(-c4cnccc4C(F)(F)F)c4ccsc34)C[C@H]2C1. The van der Waals surface area contributed by atoms with E-state index in [1.54, 1.807) is 6.07 Å². The number of halogens is 3. The molecule has 186 valence electrons. The van der Waals surface area contributed by atoms with Crippen molar-refractivity contribution in [2.75, 3.05) is 38.1 Å². The number of anilines is 1. The summed E-state index contributed by atoms with van der Waals surface area (Å²) in [5, 5.41) is 14.5. The van der Waals surface area contributed by atoms with Crippen LogP contribution in [0, 0.1) is 17.8 Å². The molecule has 1 aliphatic carbocycles. The maximum absolute atomic E-state index is 13.6. The number of nitrogens with one attached hydrogen (secondary N) is 1. The Kier molecular flexibility index (Phi) is 5.54. The summed E-state index contributed by atoms with van der Waals surface area (Å²) in [5.41, 5.74) is -0.679. The highest BCUT2D eigenvalue weighted by Gasteiger charge is 2.41. The molecule has 35 heavy (non-hydrogen) atoms. The molecular weight excluding hydrogens is 475 g/mol. The zero-order valence-corrected chi connectivity index (χ0v) is 19.9. The fourth-order valence-corrected chi connectivity index (χ4v) is 6.65. The topological polar surface area (TPSA) is 63.2 Å². The number of aromatic nitrogens is 3. The molecule has 1 saturated carbocycles. The maximum atomic E-state index is 13.6. The van der Waals surface area contributed by atoms with Gasteiger partial charge in [-0.05, 0) is 60.9 Å². The van der Waals surface area contributed by atoms with E-state index in [1.165, 1.54) is 17.5 Å². The average Bonchev–Trinajstić information content (AvgIpc) is 3.60. The number of thiophene rings is 1. The highest BCUT2D eigenvalue weighted by atomic mass is 32.1. The molecule has 3 aromatic heterocycles. The Labute approximate surface area is 208 Å². The van der Waals surface area contributed by atoms with E-state index < -0.39 is 18.2 Å². The number of alkyl halides is 3. The first-order valence-electron chi connectivity index (χ1n) is 13.1. The molecule has 0 amide bonds. The second-order valence-electron chi connectivity index (χ2n) is 9.73. The normalized spacial score (nSPS) is 27.1. The van der Waals surface area contributed by atoms with Crippen molar-refractivity contribution in [3.8, 4) is 11.3 Å². The first-order valence-corrected chi connectivity index (χ1v) is 12.9. The van der Waals surface area contributed by atoms with Gasteiger partial charge in [-0.2, -0.15) is 13.2 Å². The Bertz CT molecular complexity index is 1270. The summed E-state index contributed by atoms with van der Waals surface area (Å²) in [6, 6.07) is 2.91. The summed E-state index contributed by atoms with van der Waals surface area (Å²) in [5.74, 6) is 1.41. The van der Waals surface area contributed by atoms with Gasteiger partial charge in [-0.3, -0.25) is 4.98 Å². The van der Waals surface area contributed by atoms with Crippen LogP contribution in [0.5, 0.6) is 0 Å². The third-order valence-electron chi connectivity index (χ3n) is 7.45. The smallest absolute Gasteiger partial charge is 0.381 e. The minimum atomic E-state index is -4.52. The molecule has 0 bridgehead atoms. The Balaban J connectivity index is 1.17. The average molecular weight is 506 g/mol. The monoisotopic (exact) mass is 505 g/mol. The largest absolute Gasteiger partial charge is 0.417 e. The number of hydrogen-bond acceptors (Lipinski definition) is 7. The van der Waals surface area contributed by atoms with E-state index in [0.717, 1.165) is 55.7 Å². The number of nitrogens with zero attached hydrogens (tertiary/aromatic N) is 4. The van der Waals surface area contributed by atoms with Gasteiger partial charge in [-0.25, -0.2) is 0 Å². The van der Waals surface area contributed by atoms with Gasteiger partial charge >= 0.3 is 6.18 Å². The van der Waals surface area contributed by atoms with Gasteiger partial charge in [0.05, 0.1) is 10.3 Å². The fraction of sp³-hybridized carbons (Fsp3) is 0.560. The van der Waals surface area contributed by atoms with E-state index in [1.807, 2.05) is 10.3 Å². The summed E-state index contributed by atoms with van der Waals surface area (Å²) >= 11 is 1.43. The van der Waals surface area contributed by atoms with Crippen LogP contribution in [-0.2, 0) is 10.9 Å². The number of rotatable bonds is 5. The maximum Gasteiger partial charge on any atom is 0.417 e. The highest BCUT2D eigenvalue weighted by molar-refractivity contribution is 7.17. The van der Waals surface area contributed by atoms with Crippen LogP contribution >= 0.6 is 11.3 Å².